The Morgan fingerprint density at radius 2 is 1.07 bits per heavy atom. The van der Waals surface area contributed by atoms with Gasteiger partial charge < -0.3 is 0 Å². The van der Waals surface area contributed by atoms with Gasteiger partial charge in [-0.2, -0.15) is 26.3 Å². The Kier molecular flexibility index (Phi) is 4.63. The average molecular weight is 619 g/mol. The molecule has 0 amide bonds. The smallest absolute Gasteiger partial charge is 0.194 e. The third-order valence-electron chi connectivity index (χ3n) is 9.94. The molecule has 2 aliphatic heterocycles. The number of thioether (sulfide) groups is 2. The van der Waals surface area contributed by atoms with Crippen LogP contribution in [0.2, 0.25) is 0 Å². The molecular weight excluding hydrogens is 599 g/mol. The van der Waals surface area contributed by atoms with Crippen LogP contribution in [0.4, 0.5) is 26.3 Å². The number of benzene rings is 5. The summed E-state index contributed by atoms with van der Waals surface area (Å²) in [7, 11) is 0. The molecule has 0 saturated heterocycles. The molecule has 2 atom stereocenters. The molecule has 4 aliphatic rings. The van der Waals surface area contributed by atoms with Gasteiger partial charge in [0.25, 0.3) is 0 Å². The summed E-state index contributed by atoms with van der Waals surface area (Å²) >= 11 is 2.63. The number of hydrogen-bond donors (Lipinski definition) is 0. The predicted octanol–water partition coefficient (Wildman–Crippen LogP) is 11.0. The van der Waals surface area contributed by atoms with Crippen molar-refractivity contribution in [3.63, 3.8) is 0 Å². The molecule has 2 aliphatic carbocycles. The van der Waals surface area contributed by atoms with Gasteiger partial charge in [0.15, 0.2) is 0 Å². The summed E-state index contributed by atoms with van der Waals surface area (Å²) in [6.07, 6.45) is 0. The molecule has 1 saturated carbocycles. The lowest BCUT2D eigenvalue weighted by Gasteiger charge is -2.47. The molecule has 0 aromatic heterocycles. The van der Waals surface area contributed by atoms with Crippen molar-refractivity contribution in [1.29, 1.82) is 0 Å². The summed E-state index contributed by atoms with van der Waals surface area (Å²) in [5.41, 5.74) is -2.03. The van der Waals surface area contributed by atoms with Crippen LogP contribution in [0, 0.1) is 0 Å². The van der Waals surface area contributed by atoms with Gasteiger partial charge in [0, 0.05) is 26.3 Å². The number of alkyl halides is 6. The highest BCUT2D eigenvalue weighted by Gasteiger charge is 2.84. The van der Waals surface area contributed by atoms with Gasteiger partial charge in [0.05, 0.1) is 9.49 Å². The molecule has 0 unspecified atom stereocenters. The van der Waals surface area contributed by atoms with Gasteiger partial charge in [0.2, 0.25) is 0 Å². The minimum absolute atomic E-state index is 0.114. The number of hydrogen-bond acceptors (Lipinski definition) is 2. The lowest BCUT2D eigenvalue weighted by atomic mass is 9.68. The number of fused-ring (bicyclic) bond motifs is 14. The van der Waals surface area contributed by atoms with E-state index >= 15 is 26.3 Å². The van der Waals surface area contributed by atoms with Crippen LogP contribution in [-0.4, -0.2) is 27.3 Å². The molecule has 9 rings (SSSR count). The van der Waals surface area contributed by atoms with E-state index in [9.17, 15) is 0 Å². The first-order valence-electron chi connectivity index (χ1n) is 13.8. The molecule has 0 bridgehead atoms. The highest BCUT2D eigenvalue weighted by molar-refractivity contribution is 8.06. The van der Waals surface area contributed by atoms with Crippen LogP contribution >= 0.6 is 23.5 Å². The van der Waals surface area contributed by atoms with Gasteiger partial charge in [-0.15, -0.1) is 23.5 Å². The van der Waals surface area contributed by atoms with E-state index in [4.69, 9.17) is 0 Å². The lowest BCUT2D eigenvalue weighted by Crippen LogP contribution is -2.47. The Bertz CT molecular complexity index is 2210. The Balaban J connectivity index is 1.46. The van der Waals surface area contributed by atoms with Crippen LogP contribution < -0.4 is 0 Å². The van der Waals surface area contributed by atoms with Crippen molar-refractivity contribution in [2.45, 2.75) is 50.9 Å². The van der Waals surface area contributed by atoms with Crippen molar-refractivity contribution >= 4 is 67.0 Å². The van der Waals surface area contributed by atoms with Crippen molar-refractivity contribution in [3.05, 3.63) is 107 Å². The van der Waals surface area contributed by atoms with Crippen LogP contribution in [0.15, 0.2) is 106 Å². The van der Waals surface area contributed by atoms with E-state index in [2.05, 4.69) is 0 Å². The summed E-state index contributed by atoms with van der Waals surface area (Å²) < 4.78 is 92.0. The Labute approximate surface area is 250 Å². The van der Waals surface area contributed by atoms with E-state index < -0.39 is 38.4 Å². The lowest BCUT2D eigenvalue weighted by molar-refractivity contribution is -0.257. The Morgan fingerprint density at radius 3 is 1.84 bits per heavy atom. The van der Waals surface area contributed by atoms with Gasteiger partial charge in [-0.3, -0.25) is 0 Å². The molecule has 43 heavy (non-hydrogen) atoms. The molecular formula is C35H20F6S2. The minimum Gasteiger partial charge on any atom is -0.194 e. The third-order valence-corrected chi connectivity index (χ3v) is 13.3. The van der Waals surface area contributed by atoms with Gasteiger partial charge >= 0.3 is 17.8 Å². The predicted molar refractivity (Wildman–Crippen MR) is 163 cm³/mol. The monoisotopic (exact) mass is 618 g/mol. The maximum atomic E-state index is 16.0. The summed E-state index contributed by atoms with van der Waals surface area (Å²) in [6, 6.07) is 26.0. The maximum absolute atomic E-state index is 16.0. The molecule has 5 aromatic rings. The van der Waals surface area contributed by atoms with Crippen molar-refractivity contribution in [3.8, 4) is 0 Å². The molecule has 5 aromatic carbocycles. The van der Waals surface area contributed by atoms with Gasteiger partial charge in [-0.1, -0.05) is 78.9 Å². The fourth-order valence-electron chi connectivity index (χ4n) is 7.79. The topological polar surface area (TPSA) is 0 Å². The normalized spacial score (nSPS) is 27.4. The first-order chi connectivity index (χ1) is 20.3. The standard InChI is InChI=1S/C35H20F6S2/c1-31-26(22-9-5-6-10-24(22)42-31)28-29(34(38,39)35(40,41)33(28,36)37)27-23-16-13-18-12-14-20-19-8-4-3-7-17(19)11-15-21(20)25(18)30(23)43-32(27,31)2/h3-16H,1-2H3/t31-,32-/m1/s1. The van der Waals surface area contributed by atoms with E-state index in [0.29, 0.717) is 20.9 Å². The summed E-state index contributed by atoms with van der Waals surface area (Å²) in [6.45, 7) is 3.50. The first kappa shape index (κ1) is 26.1. The van der Waals surface area contributed by atoms with Crippen LogP contribution in [0.25, 0.3) is 43.5 Å². The highest BCUT2D eigenvalue weighted by Crippen LogP contribution is 2.78. The van der Waals surface area contributed by atoms with E-state index in [1.807, 2.05) is 48.5 Å². The van der Waals surface area contributed by atoms with E-state index in [0.717, 1.165) is 32.3 Å². The number of allylic oxidation sites excluding steroid dienone is 2. The van der Waals surface area contributed by atoms with E-state index in [1.165, 1.54) is 23.5 Å². The first-order valence-corrected chi connectivity index (χ1v) is 15.5. The second-order valence-electron chi connectivity index (χ2n) is 12.0. The van der Waals surface area contributed by atoms with E-state index in [1.54, 1.807) is 50.2 Å². The molecule has 0 N–H and O–H groups in total. The van der Waals surface area contributed by atoms with Gasteiger partial charge in [0.1, 0.15) is 0 Å². The fourth-order valence-corrected chi connectivity index (χ4v) is 11.1. The van der Waals surface area contributed by atoms with Crippen molar-refractivity contribution < 1.29 is 26.3 Å². The van der Waals surface area contributed by atoms with E-state index in [-0.39, 0.29) is 11.1 Å². The van der Waals surface area contributed by atoms with Crippen molar-refractivity contribution in [2.24, 2.45) is 0 Å². The SMILES string of the molecule is C[C@@]12Sc3ccccc3C1=C1C(=C3c4ccc5ccc6c7ccccc7ccc6c5c4S[C@]32C)C(F)(F)C(F)(F)C1(F)F. The fraction of sp³-hybridized carbons (Fsp3) is 0.200. The number of rotatable bonds is 0. The van der Waals surface area contributed by atoms with Crippen LogP contribution in [0.1, 0.15) is 25.0 Å². The van der Waals surface area contributed by atoms with Gasteiger partial charge in [-0.05, 0) is 69.1 Å². The molecule has 0 radical (unpaired) electrons. The summed E-state index contributed by atoms with van der Waals surface area (Å²) in [4.78, 5) is 1.26. The quantitative estimate of drug-likeness (QED) is 0.125. The Morgan fingerprint density at radius 1 is 0.488 bits per heavy atom. The maximum Gasteiger partial charge on any atom is 0.380 e. The van der Waals surface area contributed by atoms with Gasteiger partial charge in [-0.25, -0.2) is 0 Å². The molecule has 0 nitrogen and oxygen atoms in total. The van der Waals surface area contributed by atoms with Crippen LogP contribution in [-0.2, 0) is 0 Å². The summed E-state index contributed by atoms with van der Waals surface area (Å²) in [5.74, 6) is -15.7. The zero-order valence-electron chi connectivity index (χ0n) is 22.7. The zero-order valence-corrected chi connectivity index (χ0v) is 24.3. The molecule has 214 valence electrons. The number of halogens is 6. The largest absolute Gasteiger partial charge is 0.380 e. The van der Waals surface area contributed by atoms with Crippen LogP contribution in [0.5, 0.6) is 0 Å². The third kappa shape index (κ3) is 2.70. The van der Waals surface area contributed by atoms with Crippen molar-refractivity contribution in [2.75, 3.05) is 0 Å². The summed E-state index contributed by atoms with van der Waals surface area (Å²) in [5, 5.41) is 5.59. The second-order valence-corrected chi connectivity index (χ2v) is 14.9. The minimum atomic E-state index is -5.59. The molecule has 1 fully saturated rings. The second kappa shape index (κ2) is 7.64. The molecule has 0 spiro atoms. The Hall–Kier alpha value is -3.36. The average Bonchev–Trinajstić information content (AvgIpc) is 3.50. The molecule has 2 heterocycles. The van der Waals surface area contributed by atoms with Crippen molar-refractivity contribution in [1.82, 2.24) is 0 Å². The van der Waals surface area contributed by atoms with Crippen LogP contribution in [0.3, 0.4) is 0 Å². The molecule has 8 heteroatoms. The zero-order chi connectivity index (χ0) is 29.9. The highest BCUT2D eigenvalue weighted by atomic mass is 32.2.